The normalized spacial score (nSPS) is 9.85. The number of ether oxygens (including phenoxy) is 6. The molecule has 2 heterocycles. The van der Waals surface area contributed by atoms with Gasteiger partial charge in [-0.1, -0.05) is 23.7 Å². The van der Waals surface area contributed by atoms with Crippen molar-refractivity contribution in [3.8, 4) is 69.6 Å². The van der Waals surface area contributed by atoms with Crippen molar-refractivity contribution in [3.63, 3.8) is 0 Å². The zero-order valence-corrected chi connectivity index (χ0v) is 23.1. The summed E-state index contributed by atoms with van der Waals surface area (Å²) in [6, 6.07) is 14.7. The molecule has 0 saturated heterocycles. The first-order valence-corrected chi connectivity index (χ1v) is 12.1. The standard InChI is InChI=1S/C32H28N2O6/c1-35-27-15-23(16-28(36-2)31(27)39-5)9-7-21-11-13-25(33-19-21)26-14-12-22(20-34-26)8-10-24-17-29(37-3)32(40-6)30(18-24)38-4/h11-20H,1-6H3. The molecule has 8 nitrogen and oxygen atoms in total. The third kappa shape index (κ3) is 6.20. The van der Waals surface area contributed by atoms with Gasteiger partial charge in [-0.2, -0.15) is 0 Å². The van der Waals surface area contributed by atoms with Gasteiger partial charge in [0.25, 0.3) is 0 Å². The molecular weight excluding hydrogens is 508 g/mol. The van der Waals surface area contributed by atoms with Gasteiger partial charge in [-0.15, -0.1) is 0 Å². The van der Waals surface area contributed by atoms with Gasteiger partial charge < -0.3 is 28.4 Å². The molecule has 0 amide bonds. The number of benzene rings is 2. The highest BCUT2D eigenvalue weighted by Gasteiger charge is 2.13. The van der Waals surface area contributed by atoms with Crippen molar-refractivity contribution in [1.29, 1.82) is 0 Å². The van der Waals surface area contributed by atoms with E-state index in [-0.39, 0.29) is 0 Å². The molecule has 0 spiro atoms. The first-order chi connectivity index (χ1) is 19.5. The highest BCUT2D eigenvalue weighted by molar-refractivity contribution is 5.60. The highest BCUT2D eigenvalue weighted by atomic mass is 16.5. The Kier molecular flexibility index (Phi) is 8.96. The van der Waals surface area contributed by atoms with Crippen LogP contribution in [0.25, 0.3) is 11.4 Å². The Morgan fingerprint density at radius 2 is 0.750 bits per heavy atom. The minimum atomic E-state index is 0.521. The smallest absolute Gasteiger partial charge is 0.203 e. The monoisotopic (exact) mass is 536 g/mol. The van der Waals surface area contributed by atoms with Gasteiger partial charge in [0, 0.05) is 34.6 Å². The molecule has 0 aliphatic heterocycles. The Hall–Kier alpha value is -5.34. The summed E-state index contributed by atoms with van der Waals surface area (Å²) in [6.45, 7) is 0. The maximum atomic E-state index is 5.39. The lowest BCUT2D eigenvalue weighted by molar-refractivity contribution is 0.324. The zero-order valence-electron chi connectivity index (χ0n) is 23.1. The van der Waals surface area contributed by atoms with Crippen LogP contribution in [-0.2, 0) is 0 Å². The molecule has 2 aromatic heterocycles. The van der Waals surface area contributed by atoms with Crippen molar-refractivity contribution in [2.75, 3.05) is 42.7 Å². The van der Waals surface area contributed by atoms with Gasteiger partial charge in [-0.3, -0.25) is 9.97 Å². The number of hydrogen-bond acceptors (Lipinski definition) is 8. The van der Waals surface area contributed by atoms with E-state index in [1.54, 1.807) is 79.3 Å². The minimum Gasteiger partial charge on any atom is -0.493 e. The molecule has 0 fully saturated rings. The van der Waals surface area contributed by atoms with Crippen LogP contribution >= 0.6 is 0 Å². The largest absolute Gasteiger partial charge is 0.493 e. The fraction of sp³-hybridized carbons (Fsp3) is 0.188. The topological polar surface area (TPSA) is 81.2 Å². The second kappa shape index (κ2) is 12.9. The third-order valence-corrected chi connectivity index (χ3v) is 5.82. The molecule has 0 unspecified atom stereocenters. The molecule has 40 heavy (non-hydrogen) atoms. The molecule has 8 heteroatoms. The van der Waals surface area contributed by atoms with Gasteiger partial charge in [0.1, 0.15) is 0 Å². The SMILES string of the molecule is COc1cc(C#Cc2ccc(-c3ccc(C#Cc4cc(OC)c(OC)c(OC)c4)cn3)nc2)cc(OC)c1OC. The molecule has 0 aliphatic rings. The van der Waals surface area contributed by atoms with Crippen LogP contribution in [0.2, 0.25) is 0 Å². The molecule has 0 atom stereocenters. The maximum Gasteiger partial charge on any atom is 0.203 e. The summed E-state index contributed by atoms with van der Waals surface area (Å²) in [5, 5.41) is 0. The lowest BCUT2D eigenvalue weighted by atomic mass is 10.1. The summed E-state index contributed by atoms with van der Waals surface area (Å²) in [4.78, 5) is 9.05. The van der Waals surface area contributed by atoms with Crippen molar-refractivity contribution in [3.05, 3.63) is 83.2 Å². The van der Waals surface area contributed by atoms with Crippen molar-refractivity contribution in [1.82, 2.24) is 9.97 Å². The van der Waals surface area contributed by atoms with E-state index in [2.05, 4.69) is 33.6 Å². The number of aromatic nitrogens is 2. The zero-order chi connectivity index (χ0) is 28.5. The third-order valence-electron chi connectivity index (χ3n) is 5.82. The molecule has 0 saturated carbocycles. The quantitative estimate of drug-likeness (QED) is 0.306. The number of pyridine rings is 2. The average molecular weight is 537 g/mol. The van der Waals surface area contributed by atoms with Crippen LogP contribution in [0, 0.1) is 23.7 Å². The molecule has 2 aromatic carbocycles. The first-order valence-electron chi connectivity index (χ1n) is 12.1. The number of rotatable bonds is 7. The molecule has 0 N–H and O–H groups in total. The van der Waals surface area contributed by atoms with Crippen LogP contribution in [0.5, 0.6) is 34.5 Å². The summed E-state index contributed by atoms with van der Waals surface area (Å²) >= 11 is 0. The number of hydrogen-bond donors (Lipinski definition) is 0. The van der Waals surface area contributed by atoms with Crippen LogP contribution in [0.4, 0.5) is 0 Å². The van der Waals surface area contributed by atoms with Gasteiger partial charge in [-0.05, 0) is 48.5 Å². The highest BCUT2D eigenvalue weighted by Crippen LogP contribution is 2.39. The fourth-order valence-electron chi connectivity index (χ4n) is 3.83. The van der Waals surface area contributed by atoms with E-state index in [0.717, 1.165) is 33.6 Å². The van der Waals surface area contributed by atoms with Crippen LogP contribution in [0.3, 0.4) is 0 Å². The van der Waals surface area contributed by atoms with Gasteiger partial charge in [-0.25, -0.2) is 0 Å². The second-order valence-electron chi connectivity index (χ2n) is 8.19. The van der Waals surface area contributed by atoms with Gasteiger partial charge in [0.2, 0.25) is 11.5 Å². The molecule has 202 valence electrons. The lowest BCUT2D eigenvalue weighted by Crippen LogP contribution is -1.95. The molecule has 0 aliphatic carbocycles. The van der Waals surface area contributed by atoms with Gasteiger partial charge >= 0.3 is 0 Å². The number of methoxy groups -OCH3 is 6. The fourth-order valence-corrected chi connectivity index (χ4v) is 3.83. The van der Waals surface area contributed by atoms with Gasteiger partial charge in [0.05, 0.1) is 54.0 Å². The Balaban J connectivity index is 1.50. The predicted molar refractivity (Wildman–Crippen MR) is 152 cm³/mol. The van der Waals surface area contributed by atoms with Crippen molar-refractivity contribution in [2.24, 2.45) is 0 Å². The molecule has 0 radical (unpaired) electrons. The van der Waals surface area contributed by atoms with E-state index < -0.39 is 0 Å². The van der Waals surface area contributed by atoms with E-state index in [4.69, 9.17) is 28.4 Å². The van der Waals surface area contributed by atoms with Crippen molar-refractivity contribution in [2.45, 2.75) is 0 Å². The van der Waals surface area contributed by atoms with Crippen LogP contribution < -0.4 is 28.4 Å². The first kappa shape index (κ1) is 27.7. The Morgan fingerprint density at radius 1 is 0.425 bits per heavy atom. The van der Waals surface area contributed by atoms with Crippen LogP contribution in [-0.4, -0.2) is 52.6 Å². The predicted octanol–water partition coefficient (Wildman–Crippen LogP) is 4.99. The Morgan fingerprint density at radius 3 is 1.00 bits per heavy atom. The Bertz CT molecular complexity index is 1440. The lowest BCUT2D eigenvalue weighted by Gasteiger charge is -2.12. The second-order valence-corrected chi connectivity index (χ2v) is 8.19. The van der Waals surface area contributed by atoms with E-state index in [1.165, 1.54) is 0 Å². The summed E-state index contributed by atoms with van der Waals surface area (Å²) in [5.74, 6) is 15.7. The van der Waals surface area contributed by atoms with E-state index in [0.29, 0.717) is 34.5 Å². The summed E-state index contributed by atoms with van der Waals surface area (Å²) in [6.07, 6.45) is 3.42. The van der Waals surface area contributed by atoms with Crippen molar-refractivity contribution < 1.29 is 28.4 Å². The molecular formula is C32H28N2O6. The van der Waals surface area contributed by atoms with Crippen LogP contribution in [0.15, 0.2) is 60.9 Å². The molecule has 0 bridgehead atoms. The molecule has 4 aromatic rings. The molecule has 4 rings (SSSR count). The van der Waals surface area contributed by atoms with Crippen LogP contribution in [0.1, 0.15) is 22.3 Å². The maximum absolute atomic E-state index is 5.39. The van der Waals surface area contributed by atoms with E-state index in [1.807, 2.05) is 24.3 Å². The Labute approximate surface area is 233 Å². The van der Waals surface area contributed by atoms with Gasteiger partial charge in [0.15, 0.2) is 23.0 Å². The minimum absolute atomic E-state index is 0.521. The van der Waals surface area contributed by atoms with E-state index >= 15 is 0 Å². The summed E-state index contributed by atoms with van der Waals surface area (Å²) < 4.78 is 32.3. The summed E-state index contributed by atoms with van der Waals surface area (Å²) in [7, 11) is 9.40. The average Bonchev–Trinajstić information content (AvgIpc) is 3.01. The van der Waals surface area contributed by atoms with E-state index in [9.17, 15) is 0 Å². The number of nitrogens with zero attached hydrogens (tertiary/aromatic N) is 2. The van der Waals surface area contributed by atoms with Crippen molar-refractivity contribution >= 4 is 0 Å². The summed E-state index contributed by atoms with van der Waals surface area (Å²) in [5.41, 5.74) is 4.41.